The molecule has 0 spiro atoms. The van der Waals surface area contributed by atoms with Gasteiger partial charge in [0.05, 0.1) is 17.8 Å². The van der Waals surface area contributed by atoms with Crippen LogP contribution in [0.1, 0.15) is 68.2 Å². The second-order valence-electron chi connectivity index (χ2n) is 8.34. The number of aryl methyl sites for hydroxylation is 1. The Bertz CT molecular complexity index is 1040. The number of anilines is 1. The number of benzene rings is 1. The number of carbonyl (C=O) groups is 1. The highest BCUT2D eigenvalue weighted by Gasteiger charge is 2.22. The summed E-state index contributed by atoms with van der Waals surface area (Å²) < 4.78 is 1.87. The van der Waals surface area contributed by atoms with Crippen LogP contribution in [0.15, 0.2) is 12.1 Å². The van der Waals surface area contributed by atoms with Gasteiger partial charge in [0.1, 0.15) is 11.5 Å². The summed E-state index contributed by atoms with van der Waals surface area (Å²) >= 11 is 6.45. The number of nitrogens with zero attached hydrogens (tertiary/aromatic N) is 3. The molecule has 2 aromatic heterocycles. The van der Waals surface area contributed by atoms with Crippen LogP contribution in [-0.4, -0.2) is 25.7 Å². The quantitative estimate of drug-likeness (QED) is 0.591. The van der Waals surface area contributed by atoms with Gasteiger partial charge in [0.25, 0.3) is 5.91 Å². The number of primary amides is 1. The molecule has 4 N–H and O–H groups in total. The molecule has 0 saturated heterocycles. The average Bonchev–Trinajstić information content (AvgIpc) is 3.11. The maximum Gasteiger partial charge on any atom is 0.267 e. The van der Waals surface area contributed by atoms with Gasteiger partial charge in [-0.05, 0) is 43.9 Å². The Labute approximate surface area is 169 Å². The minimum atomic E-state index is -0.473. The van der Waals surface area contributed by atoms with E-state index in [-0.39, 0.29) is 11.5 Å². The number of aromatic nitrogens is 4. The van der Waals surface area contributed by atoms with E-state index in [1.807, 2.05) is 24.5 Å². The maximum absolute atomic E-state index is 11.8. The fraction of sp³-hybridized carbons (Fsp3) is 0.450. The highest BCUT2D eigenvalue weighted by molar-refractivity contribution is 6.32. The molecule has 150 valence electrons. The first kappa shape index (κ1) is 20.2. The van der Waals surface area contributed by atoms with Crippen molar-refractivity contribution in [3.8, 4) is 0 Å². The van der Waals surface area contributed by atoms with E-state index in [0.717, 1.165) is 22.3 Å². The zero-order valence-corrected chi connectivity index (χ0v) is 17.9. The molecule has 0 aliphatic rings. The van der Waals surface area contributed by atoms with E-state index in [0.29, 0.717) is 28.8 Å². The van der Waals surface area contributed by atoms with Crippen molar-refractivity contribution in [2.75, 3.05) is 5.32 Å². The molecular weight excluding hydrogens is 376 g/mol. The monoisotopic (exact) mass is 402 g/mol. The van der Waals surface area contributed by atoms with Gasteiger partial charge in [-0.15, -0.1) is 0 Å². The third-order valence-corrected chi connectivity index (χ3v) is 5.09. The summed E-state index contributed by atoms with van der Waals surface area (Å²) in [6.45, 7) is 12.6. The SMILES string of the molecule is Cc1nc(CNc2n[nH]c3cc(Cl)c(C(C)(C)C)cc23)n(C(C)C)c1C(N)=O. The molecule has 8 heteroatoms. The molecule has 0 aliphatic heterocycles. The van der Waals surface area contributed by atoms with Gasteiger partial charge in [-0.3, -0.25) is 9.89 Å². The van der Waals surface area contributed by atoms with Crippen LogP contribution < -0.4 is 11.1 Å². The molecule has 1 aromatic carbocycles. The molecule has 1 amide bonds. The van der Waals surface area contributed by atoms with Crippen LogP contribution in [0.25, 0.3) is 10.9 Å². The van der Waals surface area contributed by atoms with Crippen LogP contribution in [0, 0.1) is 6.92 Å². The first-order valence-electron chi connectivity index (χ1n) is 9.30. The Kier molecular flexibility index (Phi) is 5.14. The van der Waals surface area contributed by atoms with Crippen molar-refractivity contribution in [1.29, 1.82) is 0 Å². The number of nitrogens with one attached hydrogen (secondary N) is 2. The van der Waals surface area contributed by atoms with Crippen LogP contribution >= 0.6 is 11.6 Å². The summed E-state index contributed by atoms with van der Waals surface area (Å²) in [5.41, 5.74) is 8.47. The number of H-pyrrole nitrogens is 1. The third kappa shape index (κ3) is 3.58. The zero-order valence-electron chi connectivity index (χ0n) is 17.1. The standard InChI is InChI=1S/C20H27ClN6O/c1-10(2)27-16(24-11(3)17(27)18(22)28)9-23-19-12-7-13(20(4,5)6)14(21)8-15(12)25-26-19/h7-8,10H,9H2,1-6H3,(H2,22,28)(H2,23,25,26). The van der Waals surface area contributed by atoms with Gasteiger partial charge in [-0.2, -0.15) is 5.10 Å². The van der Waals surface area contributed by atoms with E-state index >= 15 is 0 Å². The number of aromatic amines is 1. The van der Waals surface area contributed by atoms with E-state index in [2.05, 4.69) is 47.3 Å². The summed E-state index contributed by atoms with van der Waals surface area (Å²) in [6.07, 6.45) is 0. The number of halogens is 1. The molecule has 0 radical (unpaired) electrons. The van der Waals surface area contributed by atoms with Crippen molar-refractivity contribution < 1.29 is 4.79 Å². The van der Waals surface area contributed by atoms with Crippen LogP contribution in [-0.2, 0) is 12.0 Å². The lowest BCUT2D eigenvalue weighted by atomic mass is 9.86. The van der Waals surface area contributed by atoms with Crippen molar-refractivity contribution in [2.24, 2.45) is 5.73 Å². The first-order chi connectivity index (χ1) is 13.0. The molecule has 0 bridgehead atoms. The van der Waals surface area contributed by atoms with Gasteiger partial charge in [0.15, 0.2) is 5.82 Å². The highest BCUT2D eigenvalue weighted by atomic mass is 35.5. The Balaban J connectivity index is 1.97. The molecule has 3 rings (SSSR count). The summed E-state index contributed by atoms with van der Waals surface area (Å²) in [4.78, 5) is 16.4. The summed E-state index contributed by atoms with van der Waals surface area (Å²) in [6, 6.07) is 4.03. The summed E-state index contributed by atoms with van der Waals surface area (Å²) in [5, 5.41) is 12.4. The summed E-state index contributed by atoms with van der Waals surface area (Å²) in [5.74, 6) is 0.982. The van der Waals surface area contributed by atoms with Crippen molar-refractivity contribution in [1.82, 2.24) is 19.7 Å². The fourth-order valence-corrected chi connectivity index (χ4v) is 3.94. The Hall–Kier alpha value is -2.54. The van der Waals surface area contributed by atoms with Gasteiger partial charge < -0.3 is 15.6 Å². The Morgan fingerprint density at radius 1 is 1.36 bits per heavy atom. The van der Waals surface area contributed by atoms with Gasteiger partial charge in [-0.25, -0.2) is 4.98 Å². The third-order valence-electron chi connectivity index (χ3n) is 4.78. The smallest absolute Gasteiger partial charge is 0.267 e. The molecule has 0 fully saturated rings. The van der Waals surface area contributed by atoms with Crippen LogP contribution in [0.2, 0.25) is 5.02 Å². The lowest BCUT2D eigenvalue weighted by Crippen LogP contribution is -2.21. The van der Waals surface area contributed by atoms with Gasteiger partial charge in [0.2, 0.25) is 0 Å². The number of hydrogen-bond acceptors (Lipinski definition) is 4. The Morgan fingerprint density at radius 2 is 2.04 bits per heavy atom. The molecular formula is C20H27ClN6O. The van der Waals surface area contributed by atoms with Crippen molar-refractivity contribution in [3.05, 3.63) is 39.9 Å². The van der Waals surface area contributed by atoms with Gasteiger partial charge >= 0.3 is 0 Å². The average molecular weight is 403 g/mol. The molecule has 0 aliphatic carbocycles. The van der Waals surface area contributed by atoms with Crippen molar-refractivity contribution >= 4 is 34.2 Å². The second kappa shape index (κ2) is 7.13. The van der Waals surface area contributed by atoms with Crippen molar-refractivity contribution in [2.45, 2.75) is 59.5 Å². The number of nitrogens with two attached hydrogens (primary N) is 1. The van der Waals surface area contributed by atoms with Crippen LogP contribution in [0.3, 0.4) is 0 Å². The molecule has 7 nitrogen and oxygen atoms in total. The number of hydrogen-bond donors (Lipinski definition) is 3. The molecule has 3 aromatic rings. The van der Waals surface area contributed by atoms with Crippen LogP contribution in [0.4, 0.5) is 5.82 Å². The zero-order chi connectivity index (χ0) is 20.8. The largest absolute Gasteiger partial charge is 0.364 e. The molecule has 2 heterocycles. The number of carbonyl (C=O) groups excluding carboxylic acids is 1. The van der Waals surface area contributed by atoms with Crippen LogP contribution in [0.5, 0.6) is 0 Å². The predicted octanol–water partition coefficient (Wildman–Crippen LogP) is 4.31. The minimum Gasteiger partial charge on any atom is -0.364 e. The number of imidazole rings is 1. The normalized spacial score (nSPS) is 12.1. The lowest BCUT2D eigenvalue weighted by molar-refractivity contribution is 0.0989. The van der Waals surface area contributed by atoms with E-state index < -0.39 is 5.91 Å². The maximum atomic E-state index is 11.8. The van der Waals surface area contributed by atoms with E-state index in [9.17, 15) is 4.79 Å². The lowest BCUT2D eigenvalue weighted by Gasteiger charge is -2.20. The number of amides is 1. The predicted molar refractivity (Wildman–Crippen MR) is 113 cm³/mol. The molecule has 0 saturated carbocycles. The molecule has 0 unspecified atom stereocenters. The van der Waals surface area contributed by atoms with Gasteiger partial charge in [0, 0.05) is 16.5 Å². The minimum absolute atomic E-state index is 0.0581. The Morgan fingerprint density at radius 3 is 2.61 bits per heavy atom. The van der Waals surface area contributed by atoms with Crippen molar-refractivity contribution in [3.63, 3.8) is 0 Å². The van der Waals surface area contributed by atoms with E-state index in [1.54, 1.807) is 6.92 Å². The van der Waals surface area contributed by atoms with E-state index in [1.165, 1.54) is 0 Å². The first-order valence-corrected chi connectivity index (χ1v) is 9.68. The van der Waals surface area contributed by atoms with Gasteiger partial charge in [-0.1, -0.05) is 32.4 Å². The number of rotatable bonds is 5. The highest BCUT2D eigenvalue weighted by Crippen LogP contribution is 2.34. The molecule has 0 atom stereocenters. The molecule has 28 heavy (non-hydrogen) atoms. The second-order valence-corrected chi connectivity index (χ2v) is 8.75. The van der Waals surface area contributed by atoms with E-state index in [4.69, 9.17) is 17.3 Å². The topological polar surface area (TPSA) is 102 Å². The fourth-order valence-electron chi connectivity index (χ4n) is 3.49. The number of fused-ring (bicyclic) bond motifs is 1. The summed E-state index contributed by atoms with van der Waals surface area (Å²) in [7, 11) is 0.